The standard InChI is InChI=1S/C46H80NO8P/c1-4-6-8-10-12-14-16-18-20-21-22-23-25-27-29-31-33-35-37-39-46(49)55-44(43-54-56(50,51)53-41-40-47-3)42-52-45(48)38-36-34-32-30-28-26-24-19-17-15-13-11-9-7-5-2/h6,8,12,14,18,20,22-23,27,29,33,35,44,47H,4-5,7,9-11,13,15-17,19,21,24-26,28,30-32,34,36-43H2,1-3H3,(H,50,51)/b8-6-,14-12-,20-18-,23-22-,29-27-,35-33-. The van der Waals surface area contributed by atoms with Gasteiger partial charge in [0, 0.05) is 19.4 Å². The Labute approximate surface area is 342 Å². The molecule has 9 nitrogen and oxygen atoms in total. The Balaban J connectivity index is 4.35. The van der Waals surface area contributed by atoms with E-state index in [2.05, 4.69) is 79.9 Å². The van der Waals surface area contributed by atoms with Crippen molar-refractivity contribution in [3.05, 3.63) is 72.9 Å². The molecule has 0 fully saturated rings. The summed E-state index contributed by atoms with van der Waals surface area (Å²) in [6, 6.07) is 0. The number of likely N-dealkylation sites (N-methyl/N-ethyl adjacent to an activating group) is 1. The molecule has 0 aromatic carbocycles. The number of phosphoric acid groups is 1. The Morgan fingerprint density at radius 2 is 1.02 bits per heavy atom. The zero-order valence-electron chi connectivity index (χ0n) is 35.6. The summed E-state index contributed by atoms with van der Waals surface area (Å²) in [6.45, 7) is 4.02. The number of ether oxygens (including phenoxy) is 2. The molecule has 56 heavy (non-hydrogen) atoms. The Hall–Kier alpha value is -2.55. The fourth-order valence-corrected chi connectivity index (χ4v) is 6.33. The minimum atomic E-state index is -4.37. The van der Waals surface area contributed by atoms with E-state index in [0.29, 0.717) is 13.0 Å². The van der Waals surface area contributed by atoms with E-state index in [1.165, 1.54) is 77.0 Å². The summed E-state index contributed by atoms with van der Waals surface area (Å²) in [4.78, 5) is 35.0. The Bertz CT molecular complexity index is 1150. The zero-order chi connectivity index (χ0) is 41.1. The van der Waals surface area contributed by atoms with Crippen LogP contribution in [0.5, 0.6) is 0 Å². The molecule has 0 aromatic heterocycles. The van der Waals surface area contributed by atoms with Crippen molar-refractivity contribution in [2.45, 2.75) is 174 Å². The molecular weight excluding hydrogens is 725 g/mol. The van der Waals surface area contributed by atoms with Crippen LogP contribution in [0.2, 0.25) is 0 Å². The van der Waals surface area contributed by atoms with E-state index < -0.39 is 32.5 Å². The van der Waals surface area contributed by atoms with Gasteiger partial charge in [0.05, 0.1) is 13.2 Å². The van der Waals surface area contributed by atoms with Crippen molar-refractivity contribution in [1.29, 1.82) is 0 Å². The molecule has 0 spiro atoms. The molecule has 2 unspecified atom stereocenters. The summed E-state index contributed by atoms with van der Waals surface area (Å²) in [5.41, 5.74) is 0. The Morgan fingerprint density at radius 1 is 0.571 bits per heavy atom. The van der Waals surface area contributed by atoms with Crippen LogP contribution in [0.25, 0.3) is 0 Å². The molecule has 2 N–H and O–H groups in total. The third-order valence-electron chi connectivity index (χ3n) is 8.85. The number of nitrogens with one attached hydrogen (secondary N) is 1. The van der Waals surface area contributed by atoms with E-state index in [0.717, 1.165) is 57.8 Å². The van der Waals surface area contributed by atoms with Gasteiger partial charge in [-0.1, -0.05) is 177 Å². The molecular formula is C46H80NO8P. The number of rotatable bonds is 40. The van der Waals surface area contributed by atoms with Crippen LogP contribution in [0.4, 0.5) is 0 Å². The molecule has 0 aliphatic rings. The van der Waals surface area contributed by atoms with Gasteiger partial charge in [-0.2, -0.15) is 0 Å². The summed E-state index contributed by atoms with van der Waals surface area (Å²) in [7, 11) is -2.68. The molecule has 0 bridgehead atoms. The van der Waals surface area contributed by atoms with Crippen LogP contribution in [0.15, 0.2) is 72.9 Å². The van der Waals surface area contributed by atoms with Crippen LogP contribution in [0.1, 0.15) is 168 Å². The smallest absolute Gasteiger partial charge is 0.462 e. The third kappa shape index (κ3) is 41.1. The van der Waals surface area contributed by atoms with Gasteiger partial charge in [-0.25, -0.2) is 4.57 Å². The fourth-order valence-electron chi connectivity index (χ4n) is 5.58. The van der Waals surface area contributed by atoms with Gasteiger partial charge in [0.25, 0.3) is 0 Å². The second-order valence-corrected chi connectivity index (χ2v) is 15.6. The molecule has 0 saturated heterocycles. The number of carbonyl (C=O) groups excluding carboxylic acids is 2. The highest BCUT2D eigenvalue weighted by atomic mass is 31.2. The maximum absolute atomic E-state index is 12.6. The van der Waals surface area contributed by atoms with Gasteiger partial charge < -0.3 is 19.7 Å². The van der Waals surface area contributed by atoms with Crippen LogP contribution < -0.4 is 5.32 Å². The monoisotopic (exact) mass is 806 g/mol. The summed E-state index contributed by atoms with van der Waals surface area (Å²) >= 11 is 0. The molecule has 0 radical (unpaired) electrons. The molecule has 0 aromatic rings. The molecule has 0 aliphatic carbocycles. The lowest BCUT2D eigenvalue weighted by Crippen LogP contribution is -2.29. The highest BCUT2D eigenvalue weighted by Gasteiger charge is 2.26. The van der Waals surface area contributed by atoms with Gasteiger partial charge >= 0.3 is 19.8 Å². The second-order valence-electron chi connectivity index (χ2n) is 14.1. The van der Waals surface area contributed by atoms with Gasteiger partial charge in [0.15, 0.2) is 6.10 Å². The second kappa shape index (κ2) is 42.1. The number of unbranched alkanes of at least 4 members (excludes halogenated alkanes) is 14. The SMILES string of the molecule is CC/C=C\C/C=C\C/C=C\C/C=C\C/C=C\C/C=C\CCC(=O)OC(COC(=O)CCCCCCCCCCCCCCCCC)COP(=O)(O)OCCNC. The topological polar surface area (TPSA) is 120 Å². The van der Waals surface area contributed by atoms with Crippen molar-refractivity contribution in [3.8, 4) is 0 Å². The number of carbonyl (C=O) groups is 2. The summed E-state index contributed by atoms with van der Waals surface area (Å²) in [5, 5.41) is 2.81. The quantitative estimate of drug-likeness (QED) is 0.0270. The predicted molar refractivity (Wildman–Crippen MR) is 233 cm³/mol. The van der Waals surface area contributed by atoms with Crippen LogP contribution in [-0.2, 0) is 32.7 Å². The third-order valence-corrected chi connectivity index (χ3v) is 9.84. The van der Waals surface area contributed by atoms with Crippen molar-refractivity contribution in [1.82, 2.24) is 5.32 Å². The molecule has 322 valence electrons. The molecule has 0 rings (SSSR count). The van der Waals surface area contributed by atoms with E-state index in [1.807, 2.05) is 12.2 Å². The summed E-state index contributed by atoms with van der Waals surface area (Å²) < 4.78 is 33.1. The minimum absolute atomic E-state index is 0.0328. The summed E-state index contributed by atoms with van der Waals surface area (Å²) in [6.07, 6.45) is 49.6. The number of hydrogen-bond acceptors (Lipinski definition) is 8. The van der Waals surface area contributed by atoms with Crippen molar-refractivity contribution in [2.75, 3.05) is 33.4 Å². The first-order chi connectivity index (χ1) is 27.3. The number of phosphoric ester groups is 1. The fraction of sp³-hybridized carbons (Fsp3) is 0.696. The lowest BCUT2D eigenvalue weighted by molar-refractivity contribution is -0.161. The average Bonchev–Trinajstić information content (AvgIpc) is 3.18. The van der Waals surface area contributed by atoms with Crippen LogP contribution in [0.3, 0.4) is 0 Å². The lowest BCUT2D eigenvalue weighted by Gasteiger charge is -2.19. The highest BCUT2D eigenvalue weighted by molar-refractivity contribution is 7.47. The predicted octanol–water partition coefficient (Wildman–Crippen LogP) is 12.5. The van der Waals surface area contributed by atoms with E-state index in [1.54, 1.807) is 7.05 Å². The van der Waals surface area contributed by atoms with Crippen molar-refractivity contribution in [2.24, 2.45) is 0 Å². The number of esters is 2. The van der Waals surface area contributed by atoms with Crippen molar-refractivity contribution < 1.29 is 37.6 Å². The molecule has 0 aliphatic heterocycles. The van der Waals surface area contributed by atoms with Gasteiger partial charge in [-0.15, -0.1) is 0 Å². The number of allylic oxidation sites excluding steroid dienone is 12. The van der Waals surface area contributed by atoms with Crippen molar-refractivity contribution in [3.63, 3.8) is 0 Å². The van der Waals surface area contributed by atoms with E-state index >= 15 is 0 Å². The molecule has 0 heterocycles. The summed E-state index contributed by atoms with van der Waals surface area (Å²) in [5.74, 6) is -0.906. The maximum Gasteiger partial charge on any atom is 0.472 e. The zero-order valence-corrected chi connectivity index (χ0v) is 36.5. The molecule has 0 saturated carbocycles. The largest absolute Gasteiger partial charge is 0.472 e. The van der Waals surface area contributed by atoms with Gasteiger partial charge in [0.1, 0.15) is 6.61 Å². The van der Waals surface area contributed by atoms with Gasteiger partial charge in [0.2, 0.25) is 0 Å². The Kier molecular flexibility index (Phi) is 40.2. The van der Waals surface area contributed by atoms with E-state index in [-0.39, 0.29) is 26.1 Å². The van der Waals surface area contributed by atoms with Crippen molar-refractivity contribution >= 4 is 19.8 Å². The van der Waals surface area contributed by atoms with E-state index in [9.17, 15) is 19.0 Å². The molecule has 10 heteroatoms. The Morgan fingerprint density at radius 3 is 1.48 bits per heavy atom. The van der Waals surface area contributed by atoms with Crippen LogP contribution >= 0.6 is 7.82 Å². The molecule has 0 amide bonds. The van der Waals surface area contributed by atoms with Crippen LogP contribution in [0, 0.1) is 0 Å². The highest BCUT2D eigenvalue weighted by Crippen LogP contribution is 2.43. The van der Waals surface area contributed by atoms with E-state index in [4.69, 9.17) is 18.5 Å². The first-order valence-corrected chi connectivity index (χ1v) is 23.4. The normalized spacial score (nSPS) is 14.0. The average molecular weight is 806 g/mol. The first kappa shape index (κ1) is 53.5. The van der Waals surface area contributed by atoms with Gasteiger partial charge in [-0.3, -0.25) is 18.6 Å². The maximum atomic E-state index is 12.6. The lowest BCUT2D eigenvalue weighted by atomic mass is 10.0. The minimum Gasteiger partial charge on any atom is -0.462 e. The van der Waals surface area contributed by atoms with Crippen LogP contribution in [-0.4, -0.2) is 56.3 Å². The first-order valence-electron chi connectivity index (χ1n) is 21.9. The molecule has 2 atom stereocenters. The van der Waals surface area contributed by atoms with Gasteiger partial charge in [-0.05, 0) is 58.4 Å². The number of hydrogen-bond donors (Lipinski definition) is 2.